The van der Waals surface area contributed by atoms with Gasteiger partial charge in [-0.1, -0.05) is 67.9 Å². The summed E-state index contributed by atoms with van der Waals surface area (Å²) in [6.45, 7) is 4.28. The van der Waals surface area contributed by atoms with E-state index in [-0.39, 0.29) is 0 Å². The molecule has 1 nitrogen and oxygen atoms in total. The van der Waals surface area contributed by atoms with Crippen molar-refractivity contribution in [2.24, 2.45) is 0 Å². The second-order valence-electron chi connectivity index (χ2n) is 6.11. The molecule has 1 N–H and O–H groups in total. The third-order valence-electron chi connectivity index (χ3n) is 4.64. The van der Waals surface area contributed by atoms with Crippen LogP contribution in [0.4, 0.5) is 0 Å². The fourth-order valence-corrected chi connectivity index (χ4v) is 3.47. The third-order valence-corrected chi connectivity index (χ3v) is 4.64. The van der Waals surface area contributed by atoms with E-state index in [2.05, 4.69) is 66.8 Å². The minimum atomic E-state index is 0.953. The highest BCUT2D eigenvalue weighted by molar-refractivity contribution is 6.23. The van der Waals surface area contributed by atoms with E-state index in [0.29, 0.717) is 0 Å². The number of hydrogen-bond acceptors (Lipinski definition) is 1. The van der Waals surface area contributed by atoms with E-state index in [1.165, 1.54) is 50.7 Å². The number of nitrogens with one attached hydrogen (secondary N) is 1. The summed E-state index contributed by atoms with van der Waals surface area (Å²) in [5.74, 6) is 0. The predicted molar refractivity (Wildman–Crippen MR) is 96.8 cm³/mol. The maximum atomic E-state index is 3.58. The summed E-state index contributed by atoms with van der Waals surface area (Å²) in [7, 11) is 0. The van der Waals surface area contributed by atoms with Gasteiger partial charge in [0.25, 0.3) is 0 Å². The first-order valence-electron chi connectivity index (χ1n) is 8.24. The summed E-state index contributed by atoms with van der Waals surface area (Å²) >= 11 is 0. The topological polar surface area (TPSA) is 12.0 Å². The van der Waals surface area contributed by atoms with Gasteiger partial charge in [0.15, 0.2) is 0 Å². The van der Waals surface area contributed by atoms with E-state index in [9.17, 15) is 0 Å². The van der Waals surface area contributed by atoms with Crippen molar-refractivity contribution in [3.8, 4) is 0 Å². The van der Waals surface area contributed by atoms with Crippen LogP contribution in [0.3, 0.4) is 0 Å². The number of rotatable bonds is 5. The Hall–Kier alpha value is -2.12. The van der Waals surface area contributed by atoms with E-state index >= 15 is 0 Å². The lowest BCUT2D eigenvalue weighted by atomic mass is 9.92. The van der Waals surface area contributed by atoms with Gasteiger partial charge in [0.2, 0.25) is 0 Å². The van der Waals surface area contributed by atoms with E-state index in [1.807, 2.05) is 0 Å². The van der Waals surface area contributed by atoms with Crippen LogP contribution in [0, 0.1) is 0 Å². The van der Waals surface area contributed by atoms with E-state index in [1.54, 1.807) is 0 Å². The molecule has 22 heavy (non-hydrogen) atoms. The summed E-state index contributed by atoms with van der Waals surface area (Å²) in [4.78, 5) is 0. The van der Waals surface area contributed by atoms with Crippen molar-refractivity contribution in [1.29, 1.82) is 0 Å². The number of unbranched alkanes of at least 4 members (excludes halogenated alkanes) is 1. The van der Waals surface area contributed by atoms with Crippen LogP contribution in [0.15, 0.2) is 54.6 Å². The first-order valence-corrected chi connectivity index (χ1v) is 8.24. The Morgan fingerprint density at radius 3 is 2.23 bits per heavy atom. The van der Waals surface area contributed by atoms with Gasteiger partial charge in [0.1, 0.15) is 0 Å². The molecule has 110 valence electrons. The molecule has 0 aliphatic rings. The second-order valence-corrected chi connectivity index (χ2v) is 6.11. The number of hydrogen-bond donors (Lipinski definition) is 1. The van der Waals surface area contributed by atoms with E-state index in [0.717, 1.165) is 13.1 Å². The molecule has 4 rings (SSSR count). The molecule has 0 spiro atoms. The average Bonchev–Trinajstić information content (AvgIpc) is 2.57. The van der Waals surface area contributed by atoms with Gasteiger partial charge in [-0.2, -0.15) is 0 Å². The van der Waals surface area contributed by atoms with Gasteiger partial charge >= 0.3 is 0 Å². The predicted octanol–water partition coefficient (Wildman–Crippen LogP) is 5.47. The maximum absolute atomic E-state index is 3.58. The average molecular weight is 287 g/mol. The van der Waals surface area contributed by atoms with Crippen molar-refractivity contribution in [2.75, 3.05) is 6.54 Å². The summed E-state index contributed by atoms with van der Waals surface area (Å²) < 4.78 is 0. The maximum Gasteiger partial charge on any atom is 0.0211 e. The zero-order valence-corrected chi connectivity index (χ0v) is 13.0. The Morgan fingerprint density at radius 2 is 1.45 bits per heavy atom. The number of benzene rings is 4. The molecular formula is C21H21N. The molecule has 0 unspecified atom stereocenters. The van der Waals surface area contributed by atoms with Gasteiger partial charge in [0, 0.05) is 6.54 Å². The van der Waals surface area contributed by atoms with Crippen LogP contribution < -0.4 is 5.32 Å². The second kappa shape index (κ2) is 5.58. The first-order chi connectivity index (χ1) is 10.9. The Balaban J connectivity index is 1.89. The fourth-order valence-electron chi connectivity index (χ4n) is 3.47. The van der Waals surface area contributed by atoms with E-state index in [4.69, 9.17) is 0 Å². The molecule has 1 heteroatoms. The minimum Gasteiger partial charge on any atom is -0.313 e. The highest BCUT2D eigenvalue weighted by atomic mass is 14.8. The zero-order valence-electron chi connectivity index (χ0n) is 13.0. The van der Waals surface area contributed by atoms with Crippen LogP contribution in [-0.4, -0.2) is 6.54 Å². The Labute approximate surface area is 131 Å². The van der Waals surface area contributed by atoms with Crippen LogP contribution in [0.2, 0.25) is 0 Å². The molecular weight excluding hydrogens is 266 g/mol. The van der Waals surface area contributed by atoms with Gasteiger partial charge in [-0.15, -0.1) is 0 Å². The van der Waals surface area contributed by atoms with Gasteiger partial charge < -0.3 is 5.32 Å². The molecule has 0 radical (unpaired) electrons. The lowest BCUT2D eigenvalue weighted by Crippen LogP contribution is -2.14. The van der Waals surface area contributed by atoms with Crippen LogP contribution in [-0.2, 0) is 6.54 Å². The van der Waals surface area contributed by atoms with Crippen LogP contribution in [0.1, 0.15) is 25.3 Å². The summed E-state index contributed by atoms with van der Waals surface area (Å²) in [5, 5.41) is 11.8. The monoisotopic (exact) mass is 287 g/mol. The largest absolute Gasteiger partial charge is 0.313 e. The van der Waals surface area contributed by atoms with Crippen molar-refractivity contribution in [2.45, 2.75) is 26.3 Å². The van der Waals surface area contributed by atoms with Gasteiger partial charge in [-0.3, -0.25) is 0 Å². The highest BCUT2D eigenvalue weighted by Gasteiger charge is 2.10. The van der Waals surface area contributed by atoms with Crippen molar-refractivity contribution in [3.63, 3.8) is 0 Å². The molecule has 0 saturated heterocycles. The summed E-state index contributed by atoms with van der Waals surface area (Å²) in [5.41, 5.74) is 1.40. The Bertz CT molecular complexity index is 907. The van der Waals surface area contributed by atoms with Crippen LogP contribution in [0.5, 0.6) is 0 Å². The fraction of sp³-hybridized carbons (Fsp3) is 0.238. The highest BCUT2D eigenvalue weighted by Crippen LogP contribution is 2.35. The zero-order chi connectivity index (χ0) is 14.9. The molecule has 4 aromatic carbocycles. The van der Waals surface area contributed by atoms with Gasteiger partial charge in [-0.25, -0.2) is 0 Å². The molecule has 0 aliphatic carbocycles. The van der Waals surface area contributed by atoms with Crippen LogP contribution >= 0.6 is 0 Å². The molecule has 0 atom stereocenters. The SMILES string of the molecule is CCCCNCc1ccc2ccc3cccc4ccc1c2c34. The minimum absolute atomic E-state index is 0.953. The quantitative estimate of drug-likeness (QED) is 0.379. The molecule has 0 bridgehead atoms. The molecule has 4 aromatic rings. The van der Waals surface area contributed by atoms with E-state index < -0.39 is 0 Å². The van der Waals surface area contributed by atoms with Crippen molar-refractivity contribution in [1.82, 2.24) is 5.32 Å². The molecule has 0 saturated carbocycles. The first kappa shape index (κ1) is 13.5. The summed E-state index contributed by atoms with van der Waals surface area (Å²) in [6.07, 6.45) is 2.48. The Kier molecular flexibility index (Phi) is 3.44. The molecule has 0 amide bonds. The van der Waals surface area contributed by atoms with Crippen molar-refractivity contribution < 1.29 is 0 Å². The third kappa shape index (κ3) is 2.13. The summed E-state index contributed by atoms with van der Waals surface area (Å²) in [6, 6.07) is 20.2. The molecule has 0 fully saturated rings. The molecule has 0 heterocycles. The lowest BCUT2D eigenvalue weighted by Gasteiger charge is -2.14. The molecule has 0 aromatic heterocycles. The van der Waals surface area contributed by atoms with Crippen molar-refractivity contribution >= 4 is 32.3 Å². The Morgan fingerprint density at radius 1 is 0.773 bits per heavy atom. The normalized spacial score (nSPS) is 11.9. The van der Waals surface area contributed by atoms with Gasteiger partial charge in [0.05, 0.1) is 0 Å². The van der Waals surface area contributed by atoms with Crippen LogP contribution in [0.25, 0.3) is 32.3 Å². The van der Waals surface area contributed by atoms with Gasteiger partial charge in [-0.05, 0) is 50.8 Å². The lowest BCUT2D eigenvalue weighted by molar-refractivity contribution is 0.643. The smallest absolute Gasteiger partial charge is 0.0211 e. The standard InChI is InChI=1S/C21H21N/c1-2-3-13-22-14-18-10-9-17-8-7-15-5-4-6-16-11-12-19(18)21(17)20(15)16/h4-12,22H,2-3,13-14H2,1H3. The molecule has 0 aliphatic heterocycles. The van der Waals surface area contributed by atoms with Crippen molar-refractivity contribution in [3.05, 3.63) is 60.2 Å².